The summed E-state index contributed by atoms with van der Waals surface area (Å²) in [6.07, 6.45) is 0. The molecule has 0 aliphatic heterocycles. The smallest absolute Gasteiger partial charge is 0.264 e. The molecule has 0 unspecified atom stereocenters. The molecule has 3 aromatic carbocycles. The van der Waals surface area contributed by atoms with Crippen molar-refractivity contribution in [2.24, 2.45) is 0 Å². The molecule has 0 spiro atoms. The molecule has 0 fully saturated rings. The topological polar surface area (TPSA) is 86.8 Å². The van der Waals surface area contributed by atoms with Crippen LogP contribution in [0.25, 0.3) is 0 Å². The fraction of sp³-hybridized carbons (Fsp3) is 0.259. The third kappa shape index (κ3) is 6.47. The molecule has 1 N–H and O–H groups in total. The quantitative estimate of drug-likeness (QED) is 0.430. The number of carbonyl (C=O) groups is 2. The Labute approximate surface area is 221 Å². The molecular formula is C27H29ClFN3O4S. The number of benzene rings is 3. The molecule has 0 saturated carbocycles. The lowest BCUT2D eigenvalue weighted by molar-refractivity contribution is -0.139. The third-order valence-electron chi connectivity index (χ3n) is 6.04. The minimum Gasteiger partial charge on any atom is -0.357 e. The maximum atomic E-state index is 14.5. The Kier molecular flexibility index (Phi) is 8.94. The lowest BCUT2D eigenvalue weighted by atomic mass is 10.1. The Hall–Kier alpha value is -3.43. The molecule has 0 aliphatic rings. The molecule has 37 heavy (non-hydrogen) atoms. The lowest BCUT2D eigenvalue weighted by Gasteiger charge is -2.32. The van der Waals surface area contributed by atoms with Crippen molar-refractivity contribution in [3.05, 3.63) is 94.3 Å². The highest BCUT2D eigenvalue weighted by Crippen LogP contribution is 2.29. The molecule has 2 amide bonds. The van der Waals surface area contributed by atoms with Gasteiger partial charge in [0.2, 0.25) is 11.8 Å². The first kappa shape index (κ1) is 28.1. The molecule has 3 rings (SSSR count). The van der Waals surface area contributed by atoms with Crippen molar-refractivity contribution in [1.82, 2.24) is 10.2 Å². The Morgan fingerprint density at radius 2 is 1.68 bits per heavy atom. The van der Waals surface area contributed by atoms with Gasteiger partial charge in [0, 0.05) is 24.2 Å². The minimum atomic E-state index is -4.21. The van der Waals surface area contributed by atoms with E-state index in [1.807, 2.05) is 6.92 Å². The highest BCUT2D eigenvalue weighted by atomic mass is 35.5. The number of hydrogen-bond donors (Lipinski definition) is 1. The van der Waals surface area contributed by atoms with Crippen LogP contribution < -0.4 is 9.62 Å². The van der Waals surface area contributed by atoms with Crippen molar-refractivity contribution in [1.29, 1.82) is 0 Å². The van der Waals surface area contributed by atoms with E-state index in [-0.39, 0.29) is 22.7 Å². The van der Waals surface area contributed by atoms with E-state index in [1.165, 1.54) is 50.4 Å². The summed E-state index contributed by atoms with van der Waals surface area (Å²) in [5.74, 6) is -1.71. The number of sulfonamides is 1. The molecule has 0 aliphatic carbocycles. The standard InChI is InChI=1S/C27H29ClFN3O4S/c1-18-9-13-23(14-10-18)37(35,36)32(22-12-11-19(2)24(28)15-22)17-26(33)31(20(3)27(34)30-4)16-21-7-5-6-8-25(21)29/h5-15,20H,16-17H2,1-4H3,(H,30,34)/t20-/m1/s1. The van der Waals surface area contributed by atoms with Crippen LogP contribution in [0.15, 0.2) is 71.6 Å². The molecule has 7 nitrogen and oxygen atoms in total. The molecule has 0 heterocycles. The van der Waals surface area contributed by atoms with Crippen LogP contribution in [-0.2, 0) is 26.2 Å². The first-order chi connectivity index (χ1) is 17.4. The summed E-state index contributed by atoms with van der Waals surface area (Å²) < 4.78 is 42.9. The summed E-state index contributed by atoms with van der Waals surface area (Å²) in [7, 11) is -2.79. The number of anilines is 1. The van der Waals surface area contributed by atoms with Crippen LogP contribution in [0.5, 0.6) is 0 Å². The second-order valence-electron chi connectivity index (χ2n) is 8.66. The van der Waals surface area contributed by atoms with Crippen LogP contribution in [0.1, 0.15) is 23.6 Å². The Morgan fingerprint density at radius 1 is 1.03 bits per heavy atom. The number of carbonyl (C=O) groups excluding carboxylic acids is 2. The minimum absolute atomic E-state index is 0.0115. The number of nitrogens with zero attached hydrogens (tertiary/aromatic N) is 2. The van der Waals surface area contributed by atoms with Gasteiger partial charge >= 0.3 is 0 Å². The maximum absolute atomic E-state index is 14.5. The summed E-state index contributed by atoms with van der Waals surface area (Å²) in [4.78, 5) is 27.3. The molecule has 0 bridgehead atoms. The van der Waals surface area contributed by atoms with Crippen molar-refractivity contribution in [2.75, 3.05) is 17.9 Å². The van der Waals surface area contributed by atoms with Gasteiger partial charge in [-0.2, -0.15) is 0 Å². The van der Waals surface area contributed by atoms with Crippen molar-refractivity contribution in [2.45, 2.75) is 38.3 Å². The Balaban J connectivity index is 2.07. The van der Waals surface area contributed by atoms with Gasteiger partial charge in [0.1, 0.15) is 18.4 Å². The first-order valence-electron chi connectivity index (χ1n) is 11.6. The molecule has 3 aromatic rings. The number of nitrogens with one attached hydrogen (secondary N) is 1. The zero-order valence-corrected chi connectivity index (χ0v) is 22.6. The van der Waals surface area contributed by atoms with Crippen LogP contribution in [0.3, 0.4) is 0 Å². The van der Waals surface area contributed by atoms with E-state index < -0.39 is 40.2 Å². The van der Waals surface area contributed by atoms with Crippen LogP contribution in [0.4, 0.5) is 10.1 Å². The van der Waals surface area contributed by atoms with Crippen molar-refractivity contribution >= 4 is 39.1 Å². The van der Waals surface area contributed by atoms with Gasteiger partial charge < -0.3 is 10.2 Å². The summed E-state index contributed by atoms with van der Waals surface area (Å²) >= 11 is 6.30. The fourth-order valence-electron chi connectivity index (χ4n) is 3.70. The molecule has 0 aromatic heterocycles. The Bertz CT molecular complexity index is 1400. The predicted molar refractivity (Wildman–Crippen MR) is 142 cm³/mol. The number of hydrogen-bond acceptors (Lipinski definition) is 4. The summed E-state index contributed by atoms with van der Waals surface area (Å²) in [5.41, 5.74) is 1.98. The van der Waals surface area contributed by atoms with E-state index in [9.17, 15) is 22.4 Å². The highest BCUT2D eigenvalue weighted by molar-refractivity contribution is 7.92. The van der Waals surface area contributed by atoms with E-state index >= 15 is 0 Å². The summed E-state index contributed by atoms with van der Waals surface area (Å²) in [5, 5.41) is 2.81. The third-order valence-corrected chi connectivity index (χ3v) is 8.24. The van der Waals surface area contributed by atoms with Crippen LogP contribution >= 0.6 is 11.6 Å². The van der Waals surface area contributed by atoms with Gasteiger partial charge in [-0.15, -0.1) is 0 Å². The van der Waals surface area contributed by atoms with Crippen molar-refractivity contribution in [3.8, 4) is 0 Å². The van der Waals surface area contributed by atoms with Gasteiger partial charge in [-0.05, 0) is 56.7 Å². The van der Waals surface area contributed by atoms with Gasteiger partial charge in [-0.25, -0.2) is 12.8 Å². The van der Waals surface area contributed by atoms with Crippen LogP contribution in [0, 0.1) is 19.7 Å². The SMILES string of the molecule is CNC(=O)[C@@H](C)N(Cc1ccccc1F)C(=O)CN(c1ccc(C)c(Cl)c1)S(=O)(=O)c1ccc(C)cc1. The highest BCUT2D eigenvalue weighted by Gasteiger charge is 2.32. The van der Waals surface area contributed by atoms with Gasteiger partial charge in [-0.3, -0.25) is 13.9 Å². The second kappa shape index (κ2) is 11.7. The van der Waals surface area contributed by atoms with Gasteiger partial charge in [0.15, 0.2) is 0 Å². The average Bonchev–Trinajstić information content (AvgIpc) is 2.87. The number of halogens is 2. The monoisotopic (exact) mass is 545 g/mol. The predicted octanol–water partition coefficient (Wildman–Crippen LogP) is 4.45. The maximum Gasteiger partial charge on any atom is 0.264 e. The largest absolute Gasteiger partial charge is 0.357 e. The first-order valence-corrected chi connectivity index (χ1v) is 13.4. The van der Waals surface area contributed by atoms with E-state index in [4.69, 9.17) is 11.6 Å². The van der Waals surface area contributed by atoms with E-state index in [0.717, 1.165) is 20.3 Å². The second-order valence-corrected chi connectivity index (χ2v) is 10.9. The van der Waals surface area contributed by atoms with Gasteiger partial charge in [-0.1, -0.05) is 53.6 Å². The van der Waals surface area contributed by atoms with Crippen LogP contribution in [-0.4, -0.2) is 44.8 Å². The average molecular weight is 546 g/mol. The molecule has 196 valence electrons. The molecule has 0 saturated heterocycles. The number of amides is 2. The molecular weight excluding hydrogens is 517 g/mol. The number of likely N-dealkylation sites (N-methyl/N-ethyl adjacent to an activating group) is 1. The molecule has 10 heteroatoms. The van der Waals surface area contributed by atoms with E-state index in [2.05, 4.69) is 5.32 Å². The molecule has 0 radical (unpaired) electrons. The zero-order valence-electron chi connectivity index (χ0n) is 21.0. The normalized spacial score (nSPS) is 12.1. The van der Waals surface area contributed by atoms with Crippen molar-refractivity contribution < 1.29 is 22.4 Å². The summed E-state index contributed by atoms with van der Waals surface area (Å²) in [6.45, 7) is 4.24. The summed E-state index contributed by atoms with van der Waals surface area (Å²) in [6, 6.07) is 15.8. The number of rotatable bonds is 9. The van der Waals surface area contributed by atoms with Gasteiger partial charge in [0.25, 0.3) is 10.0 Å². The van der Waals surface area contributed by atoms with Crippen molar-refractivity contribution in [3.63, 3.8) is 0 Å². The van der Waals surface area contributed by atoms with Gasteiger partial charge in [0.05, 0.1) is 10.6 Å². The van der Waals surface area contributed by atoms with Crippen LogP contribution in [0.2, 0.25) is 5.02 Å². The molecule has 1 atom stereocenters. The van der Waals surface area contributed by atoms with E-state index in [1.54, 1.807) is 37.3 Å². The zero-order chi connectivity index (χ0) is 27.3. The van der Waals surface area contributed by atoms with E-state index in [0.29, 0.717) is 5.02 Å². The number of aryl methyl sites for hydroxylation is 2. The Morgan fingerprint density at radius 3 is 2.27 bits per heavy atom. The lowest BCUT2D eigenvalue weighted by Crippen LogP contribution is -2.50. The fourth-order valence-corrected chi connectivity index (χ4v) is 5.29.